The van der Waals surface area contributed by atoms with Crippen LogP contribution >= 0.6 is 15.9 Å². The van der Waals surface area contributed by atoms with Gasteiger partial charge in [0.2, 0.25) is 5.91 Å². The van der Waals surface area contributed by atoms with Crippen LogP contribution in [-0.4, -0.2) is 17.8 Å². The van der Waals surface area contributed by atoms with Crippen LogP contribution in [0.3, 0.4) is 0 Å². The molecule has 1 unspecified atom stereocenters. The number of benzene rings is 1. The maximum absolute atomic E-state index is 11.9. The van der Waals surface area contributed by atoms with Gasteiger partial charge in [-0.3, -0.25) is 4.79 Å². The number of nitrogens with two attached hydrogens (primary N) is 1. The third-order valence-electron chi connectivity index (χ3n) is 3.36. The van der Waals surface area contributed by atoms with Crippen molar-refractivity contribution in [3.8, 4) is 0 Å². The van der Waals surface area contributed by atoms with Crippen LogP contribution in [0.25, 0.3) is 0 Å². The molecule has 1 aromatic carbocycles. The van der Waals surface area contributed by atoms with E-state index in [-0.39, 0.29) is 5.91 Å². The predicted molar refractivity (Wildman–Crippen MR) is 74.6 cm³/mol. The molecule has 17 heavy (non-hydrogen) atoms. The summed E-state index contributed by atoms with van der Waals surface area (Å²) in [6, 6.07) is 3.96. The molecule has 3 nitrogen and oxygen atoms in total. The largest absolute Gasteiger partial charge is 0.397 e. The Bertz CT molecular complexity index is 459. The summed E-state index contributed by atoms with van der Waals surface area (Å²) in [5.41, 5.74) is 9.90. The molecule has 0 aromatic heterocycles. The lowest BCUT2D eigenvalue weighted by Gasteiger charge is -2.20. The molecule has 0 saturated carbocycles. The molecule has 0 bridgehead atoms. The second kappa shape index (κ2) is 4.69. The lowest BCUT2D eigenvalue weighted by Crippen LogP contribution is -2.25. The van der Waals surface area contributed by atoms with Gasteiger partial charge in [-0.05, 0) is 43.0 Å². The Morgan fingerprint density at radius 1 is 1.41 bits per heavy atom. The van der Waals surface area contributed by atoms with E-state index in [1.54, 1.807) is 0 Å². The van der Waals surface area contributed by atoms with Crippen molar-refractivity contribution >= 4 is 33.2 Å². The molecule has 2 N–H and O–H groups in total. The summed E-state index contributed by atoms with van der Waals surface area (Å²) < 4.78 is 0. The zero-order chi connectivity index (χ0) is 12.6. The maximum Gasteiger partial charge on any atom is 0.227 e. The Kier molecular flexibility index (Phi) is 3.43. The highest BCUT2D eigenvalue weighted by Crippen LogP contribution is 2.32. The molecule has 0 spiro atoms. The number of hydrogen-bond donors (Lipinski definition) is 1. The predicted octanol–water partition coefficient (Wildman–Crippen LogP) is 2.63. The fraction of sp³-hybridized carbons (Fsp3) is 0.462. The van der Waals surface area contributed by atoms with Crippen molar-refractivity contribution in [2.24, 2.45) is 5.92 Å². The van der Waals surface area contributed by atoms with Crippen molar-refractivity contribution in [2.45, 2.75) is 20.3 Å². The molecule has 2 rings (SSSR count). The third kappa shape index (κ3) is 2.32. The number of hydrogen-bond acceptors (Lipinski definition) is 2. The molecule has 1 fully saturated rings. The number of halogens is 1. The van der Waals surface area contributed by atoms with Crippen molar-refractivity contribution in [3.63, 3.8) is 0 Å². The van der Waals surface area contributed by atoms with Gasteiger partial charge in [0.15, 0.2) is 0 Å². The van der Waals surface area contributed by atoms with Gasteiger partial charge in [0.1, 0.15) is 0 Å². The number of carbonyl (C=O) groups is 1. The number of alkyl halides is 1. The van der Waals surface area contributed by atoms with Crippen LogP contribution < -0.4 is 10.6 Å². The second-order valence-electron chi connectivity index (χ2n) is 4.72. The summed E-state index contributed by atoms with van der Waals surface area (Å²) in [5.74, 6) is 0.563. The highest BCUT2D eigenvalue weighted by molar-refractivity contribution is 9.09. The number of nitrogen functional groups attached to an aromatic ring is 1. The highest BCUT2D eigenvalue weighted by Gasteiger charge is 2.30. The Balaban J connectivity index is 2.35. The number of nitrogens with zero attached hydrogens (tertiary/aromatic N) is 1. The van der Waals surface area contributed by atoms with Crippen molar-refractivity contribution < 1.29 is 4.79 Å². The van der Waals surface area contributed by atoms with E-state index in [0.717, 1.165) is 23.1 Å². The summed E-state index contributed by atoms with van der Waals surface area (Å²) in [4.78, 5) is 13.8. The highest BCUT2D eigenvalue weighted by atomic mass is 79.9. The van der Waals surface area contributed by atoms with E-state index in [2.05, 4.69) is 15.9 Å². The van der Waals surface area contributed by atoms with Gasteiger partial charge in [0, 0.05) is 18.3 Å². The molecule has 92 valence electrons. The number of amides is 1. The number of carbonyl (C=O) groups excluding carboxylic acids is 1. The molecule has 1 heterocycles. The quantitative estimate of drug-likeness (QED) is 0.674. The van der Waals surface area contributed by atoms with Gasteiger partial charge in [0.05, 0.1) is 11.4 Å². The van der Waals surface area contributed by atoms with Crippen molar-refractivity contribution in [2.75, 3.05) is 22.5 Å². The summed E-state index contributed by atoms with van der Waals surface area (Å²) in [6.07, 6.45) is 0.609. The van der Waals surface area contributed by atoms with Gasteiger partial charge in [-0.2, -0.15) is 0 Å². The Hall–Kier alpha value is -1.03. The standard InChI is InChI=1S/C13H17BrN2O/c1-8-3-11(15)12(4-9(8)2)16-7-10(6-14)5-13(16)17/h3-4,10H,5-7,15H2,1-2H3. The molecule has 1 aromatic rings. The normalized spacial score (nSPS) is 20.1. The fourth-order valence-electron chi connectivity index (χ4n) is 2.17. The van der Waals surface area contributed by atoms with Gasteiger partial charge < -0.3 is 10.6 Å². The number of rotatable bonds is 2. The van der Waals surface area contributed by atoms with Crippen molar-refractivity contribution in [1.29, 1.82) is 0 Å². The van der Waals surface area contributed by atoms with Crippen LogP contribution in [0.2, 0.25) is 0 Å². The molecule has 1 aliphatic rings. The van der Waals surface area contributed by atoms with Crippen LogP contribution in [0.4, 0.5) is 11.4 Å². The first-order chi connectivity index (χ1) is 8.02. The topological polar surface area (TPSA) is 46.3 Å². The fourth-order valence-corrected chi connectivity index (χ4v) is 2.61. The molecular formula is C13H17BrN2O. The van der Waals surface area contributed by atoms with E-state index < -0.39 is 0 Å². The second-order valence-corrected chi connectivity index (χ2v) is 5.37. The molecule has 4 heteroatoms. The lowest BCUT2D eigenvalue weighted by atomic mass is 10.1. The molecule has 1 atom stereocenters. The van der Waals surface area contributed by atoms with Crippen LogP contribution in [0.15, 0.2) is 12.1 Å². The van der Waals surface area contributed by atoms with Crippen molar-refractivity contribution in [3.05, 3.63) is 23.3 Å². The first-order valence-corrected chi connectivity index (χ1v) is 6.88. The smallest absolute Gasteiger partial charge is 0.227 e. The van der Waals surface area contributed by atoms with Crippen LogP contribution in [0.1, 0.15) is 17.5 Å². The SMILES string of the molecule is Cc1cc(N)c(N2CC(CBr)CC2=O)cc1C. The molecule has 0 aliphatic carbocycles. The number of aryl methyl sites for hydroxylation is 2. The Morgan fingerprint density at radius 2 is 2.06 bits per heavy atom. The minimum Gasteiger partial charge on any atom is -0.397 e. The van der Waals surface area contributed by atoms with Gasteiger partial charge in [-0.25, -0.2) is 0 Å². The van der Waals surface area contributed by atoms with Gasteiger partial charge in [-0.1, -0.05) is 15.9 Å². The minimum absolute atomic E-state index is 0.171. The average Bonchev–Trinajstić information content (AvgIpc) is 2.65. The lowest BCUT2D eigenvalue weighted by molar-refractivity contribution is -0.117. The van der Waals surface area contributed by atoms with E-state index in [9.17, 15) is 4.79 Å². The van der Waals surface area contributed by atoms with E-state index >= 15 is 0 Å². The number of anilines is 2. The summed E-state index contributed by atoms with van der Waals surface area (Å²) in [7, 11) is 0. The first kappa shape index (κ1) is 12.4. The molecule has 1 saturated heterocycles. The summed E-state index contributed by atoms with van der Waals surface area (Å²) >= 11 is 3.44. The Labute approximate surface area is 110 Å². The molecular weight excluding hydrogens is 280 g/mol. The zero-order valence-electron chi connectivity index (χ0n) is 10.2. The summed E-state index contributed by atoms with van der Waals surface area (Å²) in [5, 5.41) is 0.861. The zero-order valence-corrected chi connectivity index (χ0v) is 11.8. The molecule has 0 radical (unpaired) electrons. The average molecular weight is 297 g/mol. The summed E-state index contributed by atoms with van der Waals surface area (Å²) in [6.45, 7) is 4.83. The van der Waals surface area contributed by atoms with E-state index in [0.29, 0.717) is 18.0 Å². The van der Waals surface area contributed by atoms with Gasteiger partial charge in [-0.15, -0.1) is 0 Å². The van der Waals surface area contributed by atoms with E-state index in [4.69, 9.17) is 5.73 Å². The Morgan fingerprint density at radius 3 is 2.65 bits per heavy atom. The monoisotopic (exact) mass is 296 g/mol. The third-order valence-corrected chi connectivity index (χ3v) is 4.27. The van der Waals surface area contributed by atoms with Crippen LogP contribution in [-0.2, 0) is 4.79 Å². The molecule has 1 aliphatic heterocycles. The maximum atomic E-state index is 11.9. The molecule has 1 amide bonds. The first-order valence-electron chi connectivity index (χ1n) is 5.76. The van der Waals surface area contributed by atoms with Gasteiger partial charge >= 0.3 is 0 Å². The van der Waals surface area contributed by atoms with Gasteiger partial charge in [0.25, 0.3) is 0 Å². The van der Waals surface area contributed by atoms with Crippen LogP contribution in [0, 0.1) is 19.8 Å². The van der Waals surface area contributed by atoms with E-state index in [1.807, 2.05) is 30.9 Å². The van der Waals surface area contributed by atoms with E-state index in [1.165, 1.54) is 5.56 Å². The van der Waals surface area contributed by atoms with Crippen molar-refractivity contribution in [1.82, 2.24) is 0 Å². The van der Waals surface area contributed by atoms with Crippen LogP contribution in [0.5, 0.6) is 0 Å². The minimum atomic E-state index is 0.171.